The lowest BCUT2D eigenvalue weighted by Gasteiger charge is -2.22. The lowest BCUT2D eigenvalue weighted by molar-refractivity contribution is -0.145. The van der Waals surface area contributed by atoms with Gasteiger partial charge in [-0.15, -0.1) is 0 Å². The zero-order valence-electron chi connectivity index (χ0n) is 21.7. The van der Waals surface area contributed by atoms with E-state index in [0.717, 1.165) is 35.3 Å². The van der Waals surface area contributed by atoms with Crippen LogP contribution in [0.15, 0.2) is 42.5 Å². The molecule has 2 aromatic carbocycles. The number of nitrogens with one attached hydrogen (secondary N) is 1. The van der Waals surface area contributed by atoms with E-state index in [2.05, 4.69) is 5.32 Å². The van der Waals surface area contributed by atoms with Crippen LogP contribution in [0.5, 0.6) is 5.75 Å². The molecule has 0 spiro atoms. The monoisotopic (exact) mass is 513 g/mol. The van der Waals surface area contributed by atoms with Crippen LogP contribution in [0.25, 0.3) is 11.1 Å². The third kappa shape index (κ3) is 8.27. The van der Waals surface area contributed by atoms with Gasteiger partial charge in [0.05, 0.1) is 19.3 Å². The number of rotatable bonds is 13. The minimum absolute atomic E-state index is 0.273. The standard InChI is InChI=1S/C29H39NO5S/c1-4-33-29(32)27(16-19-36-3)30-28(31)25-15-14-23(20-26(25)24-13-9-8-10-21(24)2)35-18-17-34-22-11-6-5-7-12-22/h8-10,13-15,20,22,27H,4-7,11-12,16-19H2,1-3H3,(H,30,31)/t27-/m0/s1. The molecular formula is C29H39NO5S. The van der Waals surface area contributed by atoms with E-state index < -0.39 is 12.0 Å². The first-order valence-corrected chi connectivity index (χ1v) is 14.3. The summed E-state index contributed by atoms with van der Waals surface area (Å²) in [6, 6.07) is 12.7. The molecule has 1 amide bonds. The predicted octanol–water partition coefficient (Wildman–Crippen LogP) is 5.80. The molecule has 1 aliphatic rings. The maximum absolute atomic E-state index is 13.4. The third-order valence-electron chi connectivity index (χ3n) is 6.42. The first-order chi connectivity index (χ1) is 17.5. The van der Waals surface area contributed by atoms with E-state index in [0.29, 0.717) is 37.1 Å². The topological polar surface area (TPSA) is 73.9 Å². The van der Waals surface area contributed by atoms with Crippen molar-refractivity contribution in [3.63, 3.8) is 0 Å². The van der Waals surface area contributed by atoms with Crippen molar-refractivity contribution in [1.29, 1.82) is 0 Å². The maximum Gasteiger partial charge on any atom is 0.328 e. The van der Waals surface area contributed by atoms with E-state index in [9.17, 15) is 9.59 Å². The smallest absolute Gasteiger partial charge is 0.328 e. The average molecular weight is 514 g/mol. The van der Waals surface area contributed by atoms with Crippen LogP contribution in [-0.4, -0.2) is 55.9 Å². The Kier molecular flexibility index (Phi) is 11.6. The molecule has 7 heteroatoms. The van der Waals surface area contributed by atoms with Gasteiger partial charge in [-0.3, -0.25) is 4.79 Å². The summed E-state index contributed by atoms with van der Waals surface area (Å²) in [5, 5.41) is 2.90. The second-order valence-corrected chi connectivity index (χ2v) is 10.0. The fourth-order valence-corrected chi connectivity index (χ4v) is 4.95. The molecule has 0 unspecified atom stereocenters. The third-order valence-corrected chi connectivity index (χ3v) is 7.06. The Morgan fingerprint density at radius 2 is 1.83 bits per heavy atom. The summed E-state index contributed by atoms with van der Waals surface area (Å²) in [6.45, 7) is 5.05. The van der Waals surface area contributed by atoms with Crippen molar-refractivity contribution in [3.05, 3.63) is 53.6 Å². The highest BCUT2D eigenvalue weighted by atomic mass is 32.2. The van der Waals surface area contributed by atoms with Crippen LogP contribution in [-0.2, 0) is 14.3 Å². The van der Waals surface area contributed by atoms with Crippen molar-refractivity contribution in [2.75, 3.05) is 31.8 Å². The zero-order valence-corrected chi connectivity index (χ0v) is 22.5. The Morgan fingerprint density at radius 3 is 2.56 bits per heavy atom. The molecule has 0 saturated heterocycles. The minimum Gasteiger partial charge on any atom is -0.491 e. The van der Waals surface area contributed by atoms with Crippen LogP contribution >= 0.6 is 11.8 Å². The van der Waals surface area contributed by atoms with Gasteiger partial charge in [-0.25, -0.2) is 4.79 Å². The zero-order chi connectivity index (χ0) is 25.8. The van der Waals surface area contributed by atoms with Crippen molar-refractivity contribution < 1.29 is 23.8 Å². The van der Waals surface area contributed by atoms with Gasteiger partial charge < -0.3 is 19.5 Å². The van der Waals surface area contributed by atoms with E-state index in [1.807, 2.05) is 43.5 Å². The van der Waals surface area contributed by atoms with Crippen LogP contribution in [0.2, 0.25) is 0 Å². The van der Waals surface area contributed by atoms with E-state index in [4.69, 9.17) is 14.2 Å². The number of carbonyl (C=O) groups is 2. The van der Waals surface area contributed by atoms with Gasteiger partial charge in [-0.2, -0.15) is 11.8 Å². The molecule has 1 fully saturated rings. The number of aryl methyl sites for hydroxylation is 1. The molecule has 3 rings (SSSR count). The molecule has 0 radical (unpaired) electrons. The summed E-state index contributed by atoms with van der Waals surface area (Å²) in [7, 11) is 0. The van der Waals surface area contributed by atoms with Gasteiger partial charge >= 0.3 is 5.97 Å². The van der Waals surface area contributed by atoms with E-state index in [1.165, 1.54) is 19.3 Å². The molecule has 2 aromatic rings. The normalized spacial score (nSPS) is 14.8. The van der Waals surface area contributed by atoms with E-state index in [-0.39, 0.29) is 12.5 Å². The van der Waals surface area contributed by atoms with Crippen molar-refractivity contribution >= 4 is 23.6 Å². The van der Waals surface area contributed by atoms with Crippen molar-refractivity contribution in [3.8, 4) is 16.9 Å². The second kappa shape index (κ2) is 14.9. The minimum atomic E-state index is -0.692. The van der Waals surface area contributed by atoms with Gasteiger partial charge in [0, 0.05) is 5.56 Å². The highest BCUT2D eigenvalue weighted by Crippen LogP contribution is 2.31. The molecule has 196 valence electrons. The summed E-state index contributed by atoms with van der Waals surface area (Å²) in [5.41, 5.74) is 3.26. The van der Waals surface area contributed by atoms with Gasteiger partial charge in [0.15, 0.2) is 0 Å². The maximum atomic E-state index is 13.4. The van der Waals surface area contributed by atoms with Gasteiger partial charge in [-0.1, -0.05) is 43.5 Å². The first-order valence-electron chi connectivity index (χ1n) is 12.9. The largest absolute Gasteiger partial charge is 0.491 e. The van der Waals surface area contributed by atoms with Crippen molar-refractivity contribution in [2.24, 2.45) is 0 Å². The fraction of sp³-hybridized carbons (Fsp3) is 0.517. The van der Waals surface area contributed by atoms with Crippen LogP contribution in [0.4, 0.5) is 0 Å². The van der Waals surface area contributed by atoms with Crippen LogP contribution in [0, 0.1) is 6.92 Å². The van der Waals surface area contributed by atoms with Crippen LogP contribution < -0.4 is 10.1 Å². The number of benzene rings is 2. The Labute approximate surface area is 219 Å². The highest BCUT2D eigenvalue weighted by Gasteiger charge is 2.24. The number of carbonyl (C=O) groups excluding carboxylic acids is 2. The highest BCUT2D eigenvalue weighted by molar-refractivity contribution is 7.98. The molecule has 1 saturated carbocycles. The molecule has 0 aromatic heterocycles. The molecule has 1 atom stereocenters. The number of ether oxygens (including phenoxy) is 3. The second-order valence-electron chi connectivity index (χ2n) is 9.06. The Bertz CT molecular complexity index is 989. The van der Waals surface area contributed by atoms with Crippen molar-refractivity contribution in [2.45, 2.75) is 64.5 Å². The Morgan fingerprint density at radius 1 is 1.06 bits per heavy atom. The Balaban J connectivity index is 1.76. The molecule has 1 aliphatic carbocycles. The average Bonchev–Trinajstić information content (AvgIpc) is 2.90. The van der Waals surface area contributed by atoms with Gasteiger partial charge in [0.25, 0.3) is 5.91 Å². The number of hydrogen-bond acceptors (Lipinski definition) is 6. The summed E-state index contributed by atoms with van der Waals surface area (Å²) >= 11 is 1.62. The predicted molar refractivity (Wildman–Crippen MR) is 146 cm³/mol. The summed E-state index contributed by atoms with van der Waals surface area (Å²) in [5.74, 6) is 0.709. The van der Waals surface area contributed by atoms with Gasteiger partial charge in [0.1, 0.15) is 18.4 Å². The molecule has 6 nitrogen and oxygen atoms in total. The summed E-state index contributed by atoms with van der Waals surface area (Å²) in [6.07, 6.45) is 8.86. The van der Waals surface area contributed by atoms with Crippen LogP contribution in [0.1, 0.15) is 61.4 Å². The molecular weight excluding hydrogens is 474 g/mol. The fourth-order valence-electron chi connectivity index (χ4n) is 4.48. The van der Waals surface area contributed by atoms with Crippen molar-refractivity contribution in [1.82, 2.24) is 5.32 Å². The number of thioether (sulfide) groups is 1. The van der Waals surface area contributed by atoms with E-state index in [1.54, 1.807) is 30.8 Å². The molecule has 1 N–H and O–H groups in total. The lowest BCUT2D eigenvalue weighted by Crippen LogP contribution is -2.42. The molecule has 0 bridgehead atoms. The molecule has 0 aliphatic heterocycles. The molecule has 0 heterocycles. The number of esters is 1. The van der Waals surface area contributed by atoms with E-state index >= 15 is 0 Å². The van der Waals surface area contributed by atoms with Crippen LogP contribution in [0.3, 0.4) is 0 Å². The first kappa shape index (κ1) is 28.1. The van der Waals surface area contributed by atoms with Gasteiger partial charge in [-0.05, 0) is 80.0 Å². The SMILES string of the molecule is CCOC(=O)[C@H](CCSC)NC(=O)c1ccc(OCCOC2CCCCC2)cc1-c1ccccc1C. The number of amides is 1. The van der Waals surface area contributed by atoms with Gasteiger partial charge in [0.2, 0.25) is 0 Å². The quantitative estimate of drug-likeness (QED) is 0.269. The number of hydrogen-bond donors (Lipinski definition) is 1. The lowest BCUT2D eigenvalue weighted by atomic mass is 9.95. The molecule has 36 heavy (non-hydrogen) atoms. The summed E-state index contributed by atoms with van der Waals surface area (Å²) < 4.78 is 17.2. The summed E-state index contributed by atoms with van der Waals surface area (Å²) in [4.78, 5) is 25.9. The Hall–Kier alpha value is -2.51.